The van der Waals surface area contributed by atoms with Crippen molar-refractivity contribution < 1.29 is 5.11 Å². The topological polar surface area (TPSA) is 46.2 Å². The summed E-state index contributed by atoms with van der Waals surface area (Å²) in [7, 11) is 0. The Kier molecular flexibility index (Phi) is 2.01. The Hall–Kier alpha value is -1.18. The molecule has 2 heteroatoms. The normalized spacial score (nSPS) is 11.6. The quantitative estimate of drug-likeness (QED) is 0.579. The third-order valence-electron chi connectivity index (χ3n) is 1.83. The minimum absolute atomic E-state index is 0.0300. The first-order valence-corrected chi connectivity index (χ1v) is 4.00. The highest BCUT2D eigenvalue weighted by atomic mass is 16.3. The number of rotatable bonds is 0. The maximum atomic E-state index is 9.55. The smallest absolute Gasteiger partial charge is 0.121 e. The van der Waals surface area contributed by atoms with Gasteiger partial charge in [0.2, 0.25) is 0 Å². The van der Waals surface area contributed by atoms with Gasteiger partial charge in [-0.15, -0.1) is 0 Å². The zero-order valence-electron chi connectivity index (χ0n) is 7.76. The molecule has 0 aliphatic carbocycles. The van der Waals surface area contributed by atoms with Crippen LogP contribution in [0.3, 0.4) is 0 Å². The van der Waals surface area contributed by atoms with Gasteiger partial charge in [-0.2, -0.15) is 0 Å². The van der Waals surface area contributed by atoms with Crippen molar-refractivity contribution in [3.8, 4) is 5.75 Å². The van der Waals surface area contributed by atoms with Crippen LogP contribution in [0.1, 0.15) is 26.3 Å². The molecule has 0 amide bonds. The summed E-state index contributed by atoms with van der Waals surface area (Å²) in [5.41, 5.74) is 7.01. The Morgan fingerprint density at radius 2 is 1.83 bits per heavy atom. The highest BCUT2D eigenvalue weighted by molar-refractivity contribution is 5.49. The molecular formula is C10H15NO. The molecule has 1 aromatic rings. The third-order valence-corrected chi connectivity index (χ3v) is 1.83. The number of nitrogens with two attached hydrogens (primary N) is 1. The van der Waals surface area contributed by atoms with E-state index >= 15 is 0 Å². The molecule has 0 heterocycles. The van der Waals surface area contributed by atoms with Gasteiger partial charge in [-0.05, 0) is 17.0 Å². The summed E-state index contributed by atoms with van der Waals surface area (Å²) in [6, 6.07) is 5.26. The Balaban J connectivity index is 3.19. The molecule has 0 bridgehead atoms. The van der Waals surface area contributed by atoms with Crippen LogP contribution in [0.2, 0.25) is 0 Å². The van der Waals surface area contributed by atoms with E-state index in [-0.39, 0.29) is 11.2 Å². The van der Waals surface area contributed by atoms with Gasteiger partial charge < -0.3 is 10.8 Å². The van der Waals surface area contributed by atoms with E-state index in [9.17, 15) is 5.11 Å². The summed E-state index contributed by atoms with van der Waals surface area (Å²) in [4.78, 5) is 0. The number of nitrogen functional groups attached to an aromatic ring is 1. The lowest BCUT2D eigenvalue weighted by molar-refractivity contribution is 0.447. The molecule has 1 rings (SSSR count). The van der Waals surface area contributed by atoms with Gasteiger partial charge in [-0.1, -0.05) is 26.8 Å². The molecule has 0 aromatic heterocycles. The summed E-state index contributed by atoms with van der Waals surface area (Å²) < 4.78 is 0. The molecule has 0 aliphatic heterocycles. The van der Waals surface area contributed by atoms with Crippen LogP contribution in [0, 0.1) is 0 Å². The van der Waals surface area contributed by atoms with Crippen LogP contribution in [0.25, 0.3) is 0 Å². The Morgan fingerprint density at radius 3 is 2.25 bits per heavy atom. The maximum Gasteiger partial charge on any atom is 0.121 e. The molecular weight excluding hydrogens is 150 g/mol. The second-order valence-corrected chi connectivity index (χ2v) is 4.03. The van der Waals surface area contributed by atoms with Crippen molar-refractivity contribution in [3.05, 3.63) is 23.8 Å². The summed E-state index contributed by atoms with van der Waals surface area (Å²) in [5.74, 6) is 0.280. The van der Waals surface area contributed by atoms with Gasteiger partial charge >= 0.3 is 0 Å². The summed E-state index contributed by atoms with van der Waals surface area (Å²) in [6.07, 6.45) is 0. The van der Waals surface area contributed by atoms with E-state index in [0.717, 1.165) is 5.56 Å². The Labute approximate surface area is 73.0 Å². The van der Waals surface area contributed by atoms with Crippen molar-refractivity contribution in [2.75, 3.05) is 5.73 Å². The minimum atomic E-state index is -0.0300. The van der Waals surface area contributed by atoms with Crippen LogP contribution >= 0.6 is 0 Å². The number of hydrogen-bond acceptors (Lipinski definition) is 2. The van der Waals surface area contributed by atoms with Crippen LogP contribution in [0.5, 0.6) is 5.75 Å². The average molecular weight is 165 g/mol. The predicted octanol–water partition coefficient (Wildman–Crippen LogP) is 2.27. The summed E-state index contributed by atoms with van der Waals surface area (Å²) >= 11 is 0. The molecule has 1 aromatic carbocycles. The largest absolute Gasteiger partial charge is 0.508 e. The van der Waals surface area contributed by atoms with Gasteiger partial charge in [-0.25, -0.2) is 0 Å². The molecule has 3 N–H and O–H groups in total. The molecule has 0 fully saturated rings. The molecule has 12 heavy (non-hydrogen) atoms. The van der Waals surface area contributed by atoms with Gasteiger partial charge in [0.05, 0.1) is 0 Å². The third kappa shape index (κ3) is 1.70. The van der Waals surface area contributed by atoms with E-state index in [1.807, 2.05) is 6.07 Å². The Morgan fingerprint density at radius 1 is 1.25 bits per heavy atom. The molecule has 0 aliphatic rings. The fourth-order valence-electron chi connectivity index (χ4n) is 1.18. The van der Waals surface area contributed by atoms with Crippen molar-refractivity contribution in [1.29, 1.82) is 0 Å². The minimum Gasteiger partial charge on any atom is -0.508 e. The summed E-state index contributed by atoms with van der Waals surface area (Å²) in [6.45, 7) is 6.16. The molecule has 0 saturated carbocycles. The monoisotopic (exact) mass is 165 g/mol. The van der Waals surface area contributed by atoms with E-state index in [0.29, 0.717) is 5.69 Å². The molecule has 0 spiro atoms. The van der Waals surface area contributed by atoms with Crippen LogP contribution in [-0.4, -0.2) is 5.11 Å². The molecule has 0 unspecified atom stereocenters. The lowest BCUT2D eigenvalue weighted by atomic mass is 9.86. The van der Waals surface area contributed by atoms with Crippen molar-refractivity contribution in [1.82, 2.24) is 0 Å². The molecule has 0 radical (unpaired) electrons. The van der Waals surface area contributed by atoms with E-state index < -0.39 is 0 Å². The second-order valence-electron chi connectivity index (χ2n) is 4.03. The standard InChI is InChI=1S/C10H15NO/c1-10(2,3)8-5-4-7(11)6-9(8)12/h4-6,12H,11H2,1-3H3. The van der Waals surface area contributed by atoms with Gasteiger partial charge in [0.25, 0.3) is 0 Å². The number of aromatic hydroxyl groups is 1. The molecule has 0 saturated heterocycles. The predicted molar refractivity (Wildman–Crippen MR) is 51.2 cm³/mol. The highest BCUT2D eigenvalue weighted by Crippen LogP contribution is 2.31. The number of anilines is 1. The van der Waals surface area contributed by atoms with Crippen molar-refractivity contribution in [2.24, 2.45) is 0 Å². The van der Waals surface area contributed by atoms with Crippen LogP contribution < -0.4 is 5.73 Å². The zero-order valence-corrected chi connectivity index (χ0v) is 7.76. The van der Waals surface area contributed by atoms with Gasteiger partial charge in [0.15, 0.2) is 0 Å². The van der Waals surface area contributed by atoms with Crippen molar-refractivity contribution >= 4 is 5.69 Å². The number of benzene rings is 1. The number of phenols is 1. The van der Waals surface area contributed by atoms with Gasteiger partial charge in [0, 0.05) is 11.8 Å². The first-order chi connectivity index (χ1) is 5.41. The number of phenolic OH excluding ortho intramolecular Hbond substituents is 1. The SMILES string of the molecule is CC(C)(C)c1ccc(N)cc1O. The fraction of sp³-hybridized carbons (Fsp3) is 0.400. The summed E-state index contributed by atoms with van der Waals surface area (Å²) in [5, 5.41) is 9.55. The first-order valence-electron chi connectivity index (χ1n) is 4.00. The van der Waals surface area contributed by atoms with E-state index in [2.05, 4.69) is 20.8 Å². The Bertz CT molecular complexity index is 286. The van der Waals surface area contributed by atoms with E-state index in [4.69, 9.17) is 5.73 Å². The van der Waals surface area contributed by atoms with Crippen LogP contribution in [0.15, 0.2) is 18.2 Å². The zero-order chi connectivity index (χ0) is 9.35. The fourth-order valence-corrected chi connectivity index (χ4v) is 1.18. The highest BCUT2D eigenvalue weighted by Gasteiger charge is 2.17. The lowest BCUT2D eigenvalue weighted by Crippen LogP contribution is -2.11. The molecule has 66 valence electrons. The van der Waals surface area contributed by atoms with Crippen molar-refractivity contribution in [2.45, 2.75) is 26.2 Å². The second kappa shape index (κ2) is 2.70. The van der Waals surface area contributed by atoms with E-state index in [1.165, 1.54) is 0 Å². The van der Waals surface area contributed by atoms with Crippen LogP contribution in [-0.2, 0) is 5.41 Å². The molecule has 2 nitrogen and oxygen atoms in total. The van der Waals surface area contributed by atoms with E-state index in [1.54, 1.807) is 12.1 Å². The lowest BCUT2D eigenvalue weighted by Gasteiger charge is -2.20. The van der Waals surface area contributed by atoms with Crippen molar-refractivity contribution in [3.63, 3.8) is 0 Å². The molecule has 0 atom stereocenters. The first kappa shape index (κ1) is 8.91. The van der Waals surface area contributed by atoms with Gasteiger partial charge in [-0.3, -0.25) is 0 Å². The number of hydrogen-bond donors (Lipinski definition) is 2. The van der Waals surface area contributed by atoms with Gasteiger partial charge in [0.1, 0.15) is 5.75 Å². The average Bonchev–Trinajstić information content (AvgIpc) is 1.83. The maximum absolute atomic E-state index is 9.55. The van der Waals surface area contributed by atoms with Crippen LogP contribution in [0.4, 0.5) is 5.69 Å².